The Hall–Kier alpha value is -2.39. The fourth-order valence-electron chi connectivity index (χ4n) is 2.49. The van der Waals surface area contributed by atoms with E-state index in [1.54, 1.807) is 0 Å². The molecule has 0 aliphatic carbocycles. The average molecular weight is 361 g/mol. The third-order valence-corrected chi connectivity index (χ3v) is 5.03. The van der Waals surface area contributed by atoms with Crippen LogP contribution in [0.1, 0.15) is 16.7 Å². The highest BCUT2D eigenvalue weighted by Crippen LogP contribution is 2.36. The minimum Gasteiger partial charge on any atom is -0.344 e. The molecule has 0 radical (unpaired) electrons. The molecule has 25 heavy (non-hydrogen) atoms. The first-order valence-corrected chi connectivity index (χ1v) is 8.50. The molecular weight excluding hydrogens is 347 g/mol. The lowest BCUT2D eigenvalue weighted by molar-refractivity contribution is -0.137. The van der Waals surface area contributed by atoms with Crippen LogP contribution in [-0.2, 0) is 17.4 Å². The van der Waals surface area contributed by atoms with Gasteiger partial charge in [0.2, 0.25) is 5.91 Å². The summed E-state index contributed by atoms with van der Waals surface area (Å²) in [6.07, 6.45) is -3.71. The Morgan fingerprint density at radius 2 is 2.00 bits per heavy atom. The normalized spacial score (nSPS) is 15.9. The van der Waals surface area contributed by atoms with Crippen LogP contribution in [0.25, 0.3) is 0 Å². The van der Waals surface area contributed by atoms with Crippen LogP contribution in [0.15, 0.2) is 53.4 Å². The van der Waals surface area contributed by atoms with Gasteiger partial charge in [-0.3, -0.25) is 4.79 Å². The predicted molar refractivity (Wildman–Crippen MR) is 91.1 cm³/mol. The second-order valence-corrected chi connectivity index (χ2v) is 6.76. The number of hydrogen-bond donors (Lipinski definition) is 1. The number of carbonyl (C=O) groups is 1. The Morgan fingerprint density at radius 3 is 2.76 bits per heavy atom. The van der Waals surface area contributed by atoms with E-state index < -0.39 is 11.7 Å². The number of nitrogens with one attached hydrogen (secondary N) is 1. The van der Waals surface area contributed by atoms with Crippen molar-refractivity contribution in [3.8, 4) is 11.8 Å². The second-order valence-electron chi connectivity index (χ2n) is 5.52. The van der Waals surface area contributed by atoms with Gasteiger partial charge in [0.1, 0.15) is 0 Å². The molecule has 1 N–H and O–H groups in total. The van der Waals surface area contributed by atoms with Crippen LogP contribution in [0.4, 0.5) is 13.2 Å². The van der Waals surface area contributed by atoms with Crippen molar-refractivity contribution < 1.29 is 18.0 Å². The molecule has 2 aromatic carbocycles. The van der Waals surface area contributed by atoms with Gasteiger partial charge in [-0.15, -0.1) is 11.8 Å². The van der Waals surface area contributed by atoms with Crippen LogP contribution >= 0.6 is 11.8 Å². The number of amides is 1. The molecule has 0 saturated carbocycles. The van der Waals surface area contributed by atoms with Crippen molar-refractivity contribution >= 4 is 17.7 Å². The molecule has 1 heterocycles. The van der Waals surface area contributed by atoms with Crippen LogP contribution in [0, 0.1) is 11.8 Å². The summed E-state index contributed by atoms with van der Waals surface area (Å²) >= 11 is 1.52. The summed E-state index contributed by atoms with van der Waals surface area (Å²) in [5.74, 6) is 5.23. The molecule has 6 heteroatoms. The molecule has 0 aromatic heterocycles. The molecule has 2 nitrogen and oxygen atoms in total. The Labute approximate surface area is 147 Å². The zero-order chi connectivity index (χ0) is 17.9. The van der Waals surface area contributed by atoms with Gasteiger partial charge in [0.05, 0.1) is 17.4 Å². The average Bonchev–Trinajstić information content (AvgIpc) is 3.02. The summed E-state index contributed by atoms with van der Waals surface area (Å²) in [7, 11) is 0. The summed E-state index contributed by atoms with van der Waals surface area (Å²) < 4.78 is 37.9. The number of thioether (sulfide) groups is 1. The van der Waals surface area contributed by atoms with Gasteiger partial charge in [-0.05, 0) is 36.2 Å². The first kappa shape index (κ1) is 17.4. The van der Waals surface area contributed by atoms with Crippen LogP contribution < -0.4 is 5.32 Å². The Kier molecular flexibility index (Phi) is 5.05. The monoisotopic (exact) mass is 361 g/mol. The fraction of sp³-hybridized carbons (Fsp3) is 0.211. The van der Waals surface area contributed by atoms with Gasteiger partial charge in [0.15, 0.2) is 0 Å². The first-order valence-electron chi connectivity index (χ1n) is 7.62. The minimum absolute atomic E-state index is 0.0997. The van der Waals surface area contributed by atoms with Gasteiger partial charge in [0.25, 0.3) is 0 Å². The third-order valence-electron chi connectivity index (χ3n) is 3.71. The molecule has 1 amide bonds. The van der Waals surface area contributed by atoms with E-state index >= 15 is 0 Å². The zero-order valence-corrected chi connectivity index (χ0v) is 13.9. The molecule has 1 aliphatic heterocycles. The van der Waals surface area contributed by atoms with Crippen LogP contribution in [-0.4, -0.2) is 17.7 Å². The van der Waals surface area contributed by atoms with Gasteiger partial charge in [-0.2, -0.15) is 13.2 Å². The highest BCUT2D eigenvalue weighted by molar-refractivity contribution is 8.01. The number of benzene rings is 2. The highest BCUT2D eigenvalue weighted by atomic mass is 32.2. The molecular formula is C19H14F3NOS. The lowest BCUT2D eigenvalue weighted by atomic mass is 10.1. The SMILES string of the molecule is O=C(NCC#Cc1cccc(C(F)(F)F)c1)C1Cc2ccccc2S1. The first-order chi connectivity index (χ1) is 11.9. The summed E-state index contributed by atoms with van der Waals surface area (Å²) in [4.78, 5) is 13.3. The lowest BCUT2D eigenvalue weighted by Crippen LogP contribution is -2.32. The van der Waals surface area contributed by atoms with E-state index in [0.29, 0.717) is 6.42 Å². The van der Waals surface area contributed by atoms with Crippen LogP contribution in [0.3, 0.4) is 0 Å². The van der Waals surface area contributed by atoms with E-state index in [0.717, 1.165) is 22.6 Å². The summed E-state index contributed by atoms with van der Waals surface area (Å²) in [5.41, 5.74) is 0.692. The van der Waals surface area contributed by atoms with Gasteiger partial charge >= 0.3 is 6.18 Å². The van der Waals surface area contributed by atoms with Crippen molar-refractivity contribution in [1.82, 2.24) is 5.32 Å². The summed E-state index contributed by atoms with van der Waals surface area (Å²) in [5, 5.41) is 2.53. The van der Waals surface area contributed by atoms with Gasteiger partial charge in [0, 0.05) is 10.5 Å². The number of carbonyl (C=O) groups excluding carboxylic acids is 1. The molecule has 1 atom stereocenters. The molecule has 3 rings (SSSR count). The Morgan fingerprint density at radius 1 is 1.20 bits per heavy atom. The van der Waals surface area contributed by atoms with Crippen LogP contribution in [0.5, 0.6) is 0 Å². The number of hydrogen-bond acceptors (Lipinski definition) is 2. The highest BCUT2D eigenvalue weighted by Gasteiger charge is 2.30. The van der Waals surface area contributed by atoms with E-state index in [9.17, 15) is 18.0 Å². The topological polar surface area (TPSA) is 29.1 Å². The van der Waals surface area contributed by atoms with Crippen molar-refractivity contribution in [2.45, 2.75) is 22.7 Å². The van der Waals surface area contributed by atoms with Crippen molar-refractivity contribution in [3.05, 3.63) is 65.2 Å². The lowest BCUT2D eigenvalue weighted by Gasteiger charge is -2.07. The molecule has 1 unspecified atom stereocenters. The molecule has 1 aliphatic rings. The number of alkyl halides is 3. The van der Waals surface area contributed by atoms with Gasteiger partial charge < -0.3 is 5.32 Å². The second kappa shape index (κ2) is 7.24. The van der Waals surface area contributed by atoms with E-state index in [-0.39, 0.29) is 23.3 Å². The van der Waals surface area contributed by atoms with Crippen LogP contribution in [0.2, 0.25) is 0 Å². The third kappa shape index (κ3) is 4.37. The van der Waals surface area contributed by atoms with E-state index in [2.05, 4.69) is 17.2 Å². The largest absolute Gasteiger partial charge is 0.416 e. The van der Waals surface area contributed by atoms with Crippen molar-refractivity contribution in [3.63, 3.8) is 0 Å². The molecule has 0 spiro atoms. The number of halogens is 3. The predicted octanol–water partition coefficient (Wildman–Crippen LogP) is 3.89. The maximum atomic E-state index is 12.6. The number of fused-ring (bicyclic) bond motifs is 1. The maximum Gasteiger partial charge on any atom is 0.416 e. The minimum atomic E-state index is -4.39. The number of rotatable bonds is 2. The van der Waals surface area contributed by atoms with E-state index in [4.69, 9.17) is 0 Å². The fourth-order valence-corrected chi connectivity index (χ4v) is 3.71. The zero-order valence-electron chi connectivity index (χ0n) is 13.1. The van der Waals surface area contributed by atoms with Crippen molar-refractivity contribution in [2.75, 3.05) is 6.54 Å². The quantitative estimate of drug-likeness (QED) is 0.823. The molecule has 0 saturated heterocycles. The molecule has 128 valence electrons. The smallest absolute Gasteiger partial charge is 0.344 e. The van der Waals surface area contributed by atoms with Crippen molar-refractivity contribution in [2.24, 2.45) is 0 Å². The van der Waals surface area contributed by atoms with E-state index in [1.165, 1.54) is 23.9 Å². The standard InChI is InChI=1S/C19H14F3NOS/c20-19(21,22)15-8-3-5-13(11-15)6-4-10-23-18(24)17-12-14-7-1-2-9-16(14)25-17/h1-3,5,7-9,11,17H,10,12H2,(H,23,24). The Bertz CT molecular complexity index is 826. The summed E-state index contributed by atoms with van der Waals surface area (Å²) in [6, 6.07) is 12.7. The van der Waals surface area contributed by atoms with Gasteiger partial charge in [-0.25, -0.2) is 0 Å². The Balaban J connectivity index is 1.54. The maximum absolute atomic E-state index is 12.6. The molecule has 0 fully saturated rings. The summed E-state index contributed by atoms with van der Waals surface area (Å²) in [6.45, 7) is 0.0997. The van der Waals surface area contributed by atoms with Gasteiger partial charge in [-0.1, -0.05) is 36.1 Å². The van der Waals surface area contributed by atoms with E-state index in [1.807, 2.05) is 24.3 Å². The molecule has 2 aromatic rings. The molecule has 0 bridgehead atoms. The van der Waals surface area contributed by atoms with Crippen molar-refractivity contribution in [1.29, 1.82) is 0 Å².